The maximum Gasteiger partial charge on any atom is 0.416 e. The zero-order chi connectivity index (χ0) is 15.5. The molecule has 1 nitrogen and oxygen atoms in total. The molecule has 1 aromatic carbocycles. The van der Waals surface area contributed by atoms with Crippen LogP contribution in [0.15, 0.2) is 24.3 Å². The minimum absolute atomic E-state index is 0.419. The number of hydrogen-bond donors (Lipinski definition) is 1. The summed E-state index contributed by atoms with van der Waals surface area (Å²) in [6, 6.07) is 6.21. The molecule has 1 saturated carbocycles. The van der Waals surface area contributed by atoms with Crippen LogP contribution in [0.4, 0.5) is 13.2 Å². The van der Waals surface area contributed by atoms with Crippen molar-refractivity contribution in [2.45, 2.75) is 51.2 Å². The Morgan fingerprint density at radius 2 is 2.00 bits per heavy atom. The second-order valence-electron chi connectivity index (χ2n) is 6.14. The first-order valence-corrected chi connectivity index (χ1v) is 7.77. The third kappa shape index (κ3) is 4.22. The van der Waals surface area contributed by atoms with Crippen molar-refractivity contribution in [3.63, 3.8) is 0 Å². The zero-order valence-electron chi connectivity index (χ0n) is 12.7. The first-order chi connectivity index (χ1) is 9.94. The third-order valence-corrected chi connectivity index (χ3v) is 4.79. The van der Waals surface area contributed by atoms with E-state index in [1.54, 1.807) is 0 Å². The highest BCUT2D eigenvalue weighted by Crippen LogP contribution is 2.35. The molecule has 21 heavy (non-hydrogen) atoms. The van der Waals surface area contributed by atoms with Crippen molar-refractivity contribution < 1.29 is 13.2 Å². The van der Waals surface area contributed by atoms with E-state index >= 15 is 0 Å². The van der Waals surface area contributed by atoms with Gasteiger partial charge in [-0.3, -0.25) is 0 Å². The number of nitrogens with one attached hydrogen (secondary N) is 1. The number of hydrogen-bond acceptors (Lipinski definition) is 1. The largest absolute Gasteiger partial charge is 0.416 e. The van der Waals surface area contributed by atoms with E-state index in [0.717, 1.165) is 37.3 Å². The van der Waals surface area contributed by atoms with E-state index in [4.69, 9.17) is 0 Å². The molecule has 0 heterocycles. The highest BCUT2D eigenvalue weighted by atomic mass is 19.4. The Morgan fingerprint density at radius 1 is 1.24 bits per heavy atom. The van der Waals surface area contributed by atoms with Gasteiger partial charge in [0, 0.05) is 6.04 Å². The molecular weight excluding hydrogens is 275 g/mol. The molecule has 4 heteroatoms. The van der Waals surface area contributed by atoms with Crippen LogP contribution in [0.2, 0.25) is 0 Å². The van der Waals surface area contributed by atoms with Gasteiger partial charge in [0.1, 0.15) is 0 Å². The predicted molar refractivity (Wildman–Crippen MR) is 79.1 cm³/mol. The molecule has 3 atom stereocenters. The number of halogens is 3. The Morgan fingerprint density at radius 3 is 2.62 bits per heavy atom. The molecule has 1 aliphatic rings. The van der Waals surface area contributed by atoms with Crippen molar-refractivity contribution in [3.8, 4) is 0 Å². The van der Waals surface area contributed by atoms with Crippen LogP contribution in [-0.2, 0) is 12.6 Å². The maximum atomic E-state index is 12.8. The molecule has 118 valence electrons. The summed E-state index contributed by atoms with van der Waals surface area (Å²) >= 11 is 0. The van der Waals surface area contributed by atoms with E-state index in [9.17, 15) is 13.2 Å². The van der Waals surface area contributed by atoms with Gasteiger partial charge in [-0.15, -0.1) is 0 Å². The van der Waals surface area contributed by atoms with Gasteiger partial charge < -0.3 is 5.32 Å². The van der Waals surface area contributed by atoms with Gasteiger partial charge in [-0.2, -0.15) is 13.2 Å². The third-order valence-electron chi connectivity index (χ3n) is 4.79. The molecule has 0 saturated heterocycles. The molecule has 0 aromatic heterocycles. The first-order valence-electron chi connectivity index (χ1n) is 7.77. The lowest BCUT2D eigenvalue weighted by Gasteiger charge is -2.36. The van der Waals surface area contributed by atoms with Crippen LogP contribution in [-0.4, -0.2) is 13.1 Å². The molecule has 0 radical (unpaired) electrons. The molecule has 0 bridgehead atoms. The van der Waals surface area contributed by atoms with Gasteiger partial charge in [0.25, 0.3) is 0 Å². The summed E-state index contributed by atoms with van der Waals surface area (Å²) in [5.74, 6) is 1.14. The summed E-state index contributed by atoms with van der Waals surface area (Å²) in [5.41, 5.74) is 0.260. The summed E-state index contributed by atoms with van der Waals surface area (Å²) in [6.45, 7) is 2.20. The van der Waals surface area contributed by atoms with Crippen LogP contribution in [0.25, 0.3) is 0 Å². The van der Waals surface area contributed by atoms with E-state index in [1.807, 2.05) is 13.1 Å². The lowest BCUT2D eigenvalue weighted by Crippen LogP contribution is -2.39. The van der Waals surface area contributed by atoms with Crippen LogP contribution in [0.1, 0.15) is 43.7 Å². The standard InChI is InChI=1S/C17H24F3N/c1-3-12-7-8-16(21-2)14(9-12)10-13-5-4-6-15(11-13)17(18,19)20/h4-6,11-12,14,16,21H,3,7-10H2,1-2H3. The molecule has 0 aliphatic heterocycles. The van der Waals surface area contributed by atoms with E-state index in [1.165, 1.54) is 18.6 Å². The fourth-order valence-corrected chi connectivity index (χ4v) is 3.52. The van der Waals surface area contributed by atoms with Gasteiger partial charge in [-0.1, -0.05) is 31.5 Å². The Hall–Kier alpha value is -1.03. The quantitative estimate of drug-likeness (QED) is 0.852. The van der Waals surface area contributed by atoms with Crippen LogP contribution >= 0.6 is 0 Å². The number of rotatable bonds is 4. The smallest absolute Gasteiger partial charge is 0.317 e. The second-order valence-corrected chi connectivity index (χ2v) is 6.14. The van der Waals surface area contributed by atoms with Gasteiger partial charge in [-0.05, 0) is 56.2 Å². The van der Waals surface area contributed by atoms with Gasteiger partial charge in [-0.25, -0.2) is 0 Å². The topological polar surface area (TPSA) is 12.0 Å². The Kier molecular flexibility index (Phi) is 5.31. The maximum absolute atomic E-state index is 12.8. The lowest BCUT2D eigenvalue weighted by molar-refractivity contribution is -0.137. The van der Waals surface area contributed by atoms with Gasteiger partial charge in [0.15, 0.2) is 0 Å². The second kappa shape index (κ2) is 6.82. The predicted octanol–water partition coefficient (Wildman–Crippen LogP) is 4.66. The molecule has 3 unspecified atom stereocenters. The van der Waals surface area contributed by atoms with E-state index < -0.39 is 11.7 Å². The monoisotopic (exact) mass is 299 g/mol. The lowest BCUT2D eigenvalue weighted by atomic mass is 9.74. The van der Waals surface area contributed by atoms with Crippen molar-refractivity contribution in [2.24, 2.45) is 11.8 Å². The van der Waals surface area contributed by atoms with Gasteiger partial charge in [0.05, 0.1) is 5.56 Å². The fraction of sp³-hybridized carbons (Fsp3) is 0.647. The van der Waals surface area contributed by atoms with E-state index in [0.29, 0.717) is 17.9 Å². The van der Waals surface area contributed by atoms with Crippen LogP contribution in [0.3, 0.4) is 0 Å². The summed E-state index contributed by atoms with van der Waals surface area (Å²) in [4.78, 5) is 0. The molecule has 2 rings (SSSR count). The summed E-state index contributed by atoms with van der Waals surface area (Å²) in [7, 11) is 1.95. The van der Waals surface area contributed by atoms with E-state index in [-0.39, 0.29) is 0 Å². The summed E-state index contributed by atoms with van der Waals surface area (Å²) in [5, 5.41) is 3.34. The first kappa shape index (κ1) is 16.3. The minimum atomic E-state index is -4.25. The van der Waals surface area contributed by atoms with E-state index in [2.05, 4.69) is 12.2 Å². The molecule has 0 amide bonds. The molecule has 1 fully saturated rings. The highest BCUT2D eigenvalue weighted by molar-refractivity contribution is 5.26. The SMILES string of the molecule is CCC1CCC(NC)C(Cc2cccc(C(F)(F)F)c2)C1. The van der Waals surface area contributed by atoms with Crippen molar-refractivity contribution in [1.82, 2.24) is 5.32 Å². The summed E-state index contributed by atoms with van der Waals surface area (Å²) < 4.78 is 38.4. The minimum Gasteiger partial charge on any atom is -0.317 e. The Balaban J connectivity index is 2.11. The molecule has 1 aliphatic carbocycles. The van der Waals surface area contributed by atoms with Crippen molar-refractivity contribution in [3.05, 3.63) is 35.4 Å². The van der Waals surface area contributed by atoms with Gasteiger partial charge in [0.2, 0.25) is 0 Å². The average Bonchev–Trinajstić information content (AvgIpc) is 2.46. The molecular formula is C17H24F3N. The summed E-state index contributed by atoms with van der Waals surface area (Å²) in [6.07, 6.45) is 1.09. The Labute approximate surface area is 124 Å². The number of benzene rings is 1. The normalized spacial score (nSPS) is 26.8. The van der Waals surface area contributed by atoms with Crippen molar-refractivity contribution in [2.75, 3.05) is 7.05 Å². The highest BCUT2D eigenvalue weighted by Gasteiger charge is 2.32. The molecule has 1 aromatic rings. The Bertz CT molecular complexity index is 456. The fourth-order valence-electron chi connectivity index (χ4n) is 3.52. The zero-order valence-corrected chi connectivity index (χ0v) is 12.7. The van der Waals surface area contributed by atoms with Crippen LogP contribution in [0.5, 0.6) is 0 Å². The van der Waals surface area contributed by atoms with Crippen LogP contribution < -0.4 is 5.32 Å². The average molecular weight is 299 g/mol. The van der Waals surface area contributed by atoms with Gasteiger partial charge >= 0.3 is 6.18 Å². The van der Waals surface area contributed by atoms with Crippen molar-refractivity contribution >= 4 is 0 Å². The molecule has 1 N–H and O–H groups in total. The number of alkyl halides is 3. The van der Waals surface area contributed by atoms with Crippen LogP contribution in [0, 0.1) is 11.8 Å². The van der Waals surface area contributed by atoms with Crippen molar-refractivity contribution in [1.29, 1.82) is 0 Å². The molecule has 0 spiro atoms.